The van der Waals surface area contributed by atoms with Crippen molar-refractivity contribution in [3.8, 4) is 11.5 Å². The molecule has 2 aliphatic carbocycles. The van der Waals surface area contributed by atoms with Gasteiger partial charge in [0.05, 0.1) is 5.56 Å². The Morgan fingerprint density at radius 2 is 1.56 bits per heavy atom. The Morgan fingerprint density at radius 1 is 1.00 bits per heavy atom. The van der Waals surface area contributed by atoms with Crippen LogP contribution < -0.4 is 44.9 Å². The van der Waals surface area contributed by atoms with Crippen LogP contribution >= 0.6 is 0 Å². The van der Waals surface area contributed by atoms with Crippen molar-refractivity contribution >= 4 is 23.7 Å². The molecule has 2 aromatic carbocycles. The molecule has 3 N–H and O–H groups in total. The van der Waals surface area contributed by atoms with Gasteiger partial charge in [-0.25, -0.2) is 4.79 Å². The van der Waals surface area contributed by atoms with Crippen molar-refractivity contribution in [3.63, 3.8) is 0 Å². The van der Waals surface area contributed by atoms with Crippen molar-refractivity contribution in [1.82, 2.24) is 0 Å². The first-order valence-electron chi connectivity index (χ1n) is 10.3. The average molecular weight is 501 g/mol. The number of rotatable bonds is 7. The summed E-state index contributed by atoms with van der Waals surface area (Å²) >= 11 is 0. The van der Waals surface area contributed by atoms with Crippen LogP contribution in [0.15, 0.2) is 54.1 Å². The van der Waals surface area contributed by atoms with Gasteiger partial charge in [0.15, 0.2) is 5.78 Å². The van der Waals surface area contributed by atoms with E-state index >= 15 is 0 Å². The van der Waals surface area contributed by atoms with Crippen molar-refractivity contribution in [2.75, 3.05) is 13.2 Å². The zero-order chi connectivity index (χ0) is 25.4. The number of aliphatic hydroxyl groups excluding tert-OH is 1. The zero-order valence-corrected chi connectivity index (χ0v) is 21.3. The number of allylic oxidation sites excluding steroid dienone is 3. The topological polar surface area (TPSA) is 159 Å². The largest absolute Gasteiger partial charge is 1.00 e. The summed E-state index contributed by atoms with van der Waals surface area (Å²) in [7, 11) is 0. The van der Waals surface area contributed by atoms with E-state index in [0.29, 0.717) is 28.9 Å². The fraction of sp³-hybridized carbons (Fsp3) is 0.200. The molecule has 1 atom stereocenters. The summed E-state index contributed by atoms with van der Waals surface area (Å²) in [5.41, 5.74) is 2.37. The van der Waals surface area contributed by atoms with Crippen molar-refractivity contribution in [2.45, 2.75) is 18.9 Å². The minimum absolute atomic E-state index is 0. The van der Waals surface area contributed by atoms with E-state index < -0.39 is 17.9 Å². The van der Waals surface area contributed by atoms with Crippen molar-refractivity contribution in [1.29, 1.82) is 0 Å². The van der Waals surface area contributed by atoms with Crippen LogP contribution in [0.2, 0.25) is 0 Å². The van der Waals surface area contributed by atoms with E-state index in [0.717, 1.165) is 5.56 Å². The molecule has 4 rings (SSSR count). The number of hydrogen-bond donors (Lipinski definition) is 2. The fourth-order valence-corrected chi connectivity index (χ4v) is 3.69. The molecule has 0 heterocycles. The Bertz CT molecular complexity index is 1250. The number of ketones is 2. The van der Waals surface area contributed by atoms with Crippen LogP contribution in [0, 0.1) is 6.08 Å². The van der Waals surface area contributed by atoms with Gasteiger partial charge in [-0.05, 0) is 29.3 Å². The van der Waals surface area contributed by atoms with Gasteiger partial charge in [0, 0.05) is 17.8 Å². The molecular formula is C25H20NNaO9. The molecule has 10 nitrogen and oxygen atoms in total. The Kier molecular flexibility index (Phi) is 10.9. The van der Waals surface area contributed by atoms with Gasteiger partial charge in [-0.2, -0.15) is 21.6 Å². The van der Waals surface area contributed by atoms with Crippen LogP contribution in [0.25, 0.3) is 0 Å². The minimum Gasteiger partial charge on any atom is -0.492 e. The van der Waals surface area contributed by atoms with E-state index in [2.05, 4.69) is 10.9 Å². The number of hydrogen-bond acceptors (Lipinski definition) is 10. The van der Waals surface area contributed by atoms with Crippen molar-refractivity contribution in [2.24, 2.45) is 5.90 Å². The van der Waals surface area contributed by atoms with Crippen LogP contribution in [0.5, 0.6) is 11.5 Å². The number of fused-ring (bicyclic) bond motifs is 2. The first-order valence-corrected chi connectivity index (χ1v) is 10.3. The Hall–Kier alpha value is -3.37. The summed E-state index contributed by atoms with van der Waals surface area (Å²) in [6.07, 6.45) is 5.40. The zero-order valence-electron chi connectivity index (χ0n) is 19.3. The number of benzene rings is 2. The maximum absolute atomic E-state index is 12.5. The molecule has 11 heteroatoms. The molecule has 0 saturated heterocycles. The third kappa shape index (κ3) is 6.86. The number of ether oxygens (including phenoxy) is 2. The molecular weight excluding hydrogens is 481 g/mol. The Balaban J connectivity index is 0.00000109. The molecule has 0 bridgehead atoms. The summed E-state index contributed by atoms with van der Waals surface area (Å²) < 4.78 is 11.4. The third-order valence-electron chi connectivity index (χ3n) is 5.16. The van der Waals surface area contributed by atoms with Gasteiger partial charge in [0.2, 0.25) is 0 Å². The average Bonchev–Trinajstić information content (AvgIpc) is 2.86. The summed E-state index contributed by atoms with van der Waals surface area (Å²) in [6, 6.07) is 10.3. The fourth-order valence-electron chi connectivity index (χ4n) is 3.69. The van der Waals surface area contributed by atoms with E-state index in [1.165, 1.54) is 12.2 Å². The smallest absolute Gasteiger partial charge is 0.492 e. The SMILES string of the molecule is NOC(=O)C1=CC(=O)c2c(cccc2OCC(O)COc2cccc3c2C(=O)C=[C-]C3)C1.O=C=O.[Na+]. The van der Waals surface area contributed by atoms with Gasteiger partial charge in [-0.15, -0.1) is 0 Å². The van der Waals surface area contributed by atoms with E-state index in [-0.39, 0.29) is 72.4 Å². The van der Waals surface area contributed by atoms with Gasteiger partial charge in [-0.3, -0.25) is 10.9 Å². The van der Waals surface area contributed by atoms with Crippen LogP contribution in [-0.2, 0) is 32.1 Å². The Morgan fingerprint density at radius 3 is 2.14 bits per heavy atom. The third-order valence-corrected chi connectivity index (χ3v) is 5.16. The van der Waals surface area contributed by atoms with E-state index in [1.807, 2.05) is 6.07 Å². The molecule has 2 aliphatic rings. The van der Waals surface area contributed by atoms with Gasteiger partial charge in [-0.1, -0.05) is 36.2 Å². The van der Waals surface area contributed by atoms with Crippen LogP contribution in [0.3, 0.4) is 0 Å². The number of aliphatic hydroxyl groups is 1. The first-order chi connectivity index (χ1) is 16.9. The molecule has 0 fully saturated rings. The maximum atomic E-state index is 12.5. The van der Waals surface area contributed by atoms with Crippen molar-refractivity contribution < 1.29 is 72.9 Å². The number of nitrogens with two attached hydrogens (primary N) is 1. The normalized spacial score (nSPS) is 13.9. The van der Waals surface area contributed by atoms with Gasteiger partial charge >= 0.3 is 41.7 Å². The molecule has 0 saturated carbocycles. The van der Waals surface area contributed by atoms with E-state index in [1.54, 1.807) is 30.3 Å². The molecule has 180 valence electrons. The van der Waals surface area contributed by atoms with Crippen LogP contribution in [-0.4, -0.2) is 48.1 Å². The molecule has 0 amide bonds. The summed E-state index contributed by atoms with van der Waals surface area (Å²) in [5.74, 6) is 4.22. The Labute approximate surface area is 227 Å². The number of carbonyl (C=O) groups excluding carboxylic acids is 5. The van der Waals surface area contributed by atoms with Crippen LogP contribution in [0.1, 0.15) is 31.8 Å². The second-order valence-electron chi connectivity index (χ2n) is 7.45. The van der Waals surface area contributed by atoms with Crippen LogP contribution in [0.4, 0.5) is 0 Å². The predicted molar refractivity (Wildman–Crippen MR) is 117 cm³/mol. The molecule has 0 aromatic heterocycles. The van der Waals surface area contributed by atoms with Gasteiger partial charge < -0.3 is 24.2 Å². The maximum Gasteiger partial charge on any atom is 1.00 e. The second kappa shape index (κ2) is 13.6. The molecule has 0 radical (unpaired) electrons. The van der Waals surface area contributed by atoms with E-state index in [4.69, 9.17) is 25.0 Å². The first kappa shape index (κ1) is 28.9. The molecule has 0 aliphatic heterocycles. The number of carbonyl (C=O) groups is 3. The summed E-state index contributed by atoms with van der Waals surface area (Å²) in [4.78, 5) is 56.8. The molecule has 2 aromatic rings. The quantitative estimate of drug-likeness (QED) is 0.249. The summed E-state index contributed by atoms with van der Waals surface area (Å²) in [6.45, 7) is -0.242. The monoisotopic (exact) mass is 501 g/mol. The molecule has 36 heavy (non-hydrogen) atoms. The second-order valence-corrected chi connectivity index (χ2v) is 7.45. The molecule has 0 spiro atoms. The van der Waals surface area contributed by atoms with Gasteiger partial charge in [0.25, 0.3) is 0 Å². The van der Waals surface area contributed by atoms with E-state index in [9.17, 15) is 19.5 Å². The summed E-state index contributed by atoms with van der Waals surface area (Å²) in [5, 5.41) is 10.3. The van der Waals surface area contributed by atoms with Crippen molar-refractivity contribution in [3.05, 3.63) is 82.5 Å². The molecule has 1 unspecified atom stereocenters. The standard InChI is InChI=1S/C24H20NO7.CO2.Na/c25-32-24(29)16-10-15-6-3-9-21(23(15)19(28)11-16)31-13-17(26)12-30-20-8-2-5-14-4-1-7-18(27)22(14)20;2-1-3;/h2-3,5-9,11,17,26H,4,10,12-13,25H2;;/q-1;;+1. The minimum atomic E-state index is -1.01. The predicted octanol–water partition coefficient (Wildman–Crippen LogP) is -1.89. The van der Waals surface area contributed by atoms with Gasteiger partial charge in [0.1, 0.15) is 30.8 Å².